The van der Waals surface area contributed by atoms with Gasteiger partial charge in [-0.3, -0.25) is 0 Å². The lowest BCUT2D eigenvalue weighted by Crippen LogP contribution is -1.83. The van der Waals surface area contributed by atoms with Crippen molar-refractivity contribution in [1.29, 1.82) is 0 Å². The zero-order valence-electron chi connectivity index (χ0n) is 15.3. The van der Waals surface area contributed by atoms with Crippen LogP contribution in [0.25, 0.3) is 0 Å². The Morgan fingerprint density at radius 2 is 0.909 bits per heavy atom. The smallest absolute Gasteiger partial charge is 0.00991 e. The molecular weight excluding hydrogens is 264 g/mol. The highest BCUT2D eigenvalue weighted by molar-refractivity contribution is 4.95. The third-order valence-electron chi connectivity index (χ3n) is 4.46. The van der Waals surface area contributed by atoms with Crippen molar-refractivity contribution in [2.45, 2.75) is 116 Å². The number of hydrogen-bond acceptors (Lipinski definition) is 0. The number of rotatable bonds is 18. The molecule has 0 atom stereocenters. The number of hydrogen-bond donors (Lipinski definition) is 0. The van der Waals surface area contributed by atoms with Gasteiger partial charge in [-0.05, 0) is 19.4 Å². The molecule has 0 aliphatic carbocycles. The van der Waals surface area contributed by atoms with E-state index in [1.165, 1.54) is 109 Å². The molecule has 0 aromatic heterocycles. The summed E-state index contributed by atoms with van der Waals surface area (Å²) < 4.78 is 0. The van der Waals surface area contributed by atoms with E-state index in [2.05, 4.69) is 13.0 Å². The summed E-state index contributed by atoms with van der Waals surface area (Å²) in [5, 5.41) is 0. The van der Waals surface area contributed by atoms with Crippen LogP contribution in [0.2, 0.25) is 0 Å². The minimum absolute atomic E-state index is 1.15. The maximum absolute atomic E-state index is 6.89. The first-order valence-corrected chi connectivity index (χ1v) is 10.1. The van der Waals surface area contributed by atoms with Crippen molar-refractivity contribution in [3.05, 3.63) is 24.8 Å². The molecule has 2 radical (unpaired) electrons. The van der Waals surface area contributed by atoms with Crippen molar-refractivity contribution < 1.29 is 0 Å². The Labute approximate surface area is 141 Å². The highest BCUT2D eigenvalue weighted by Crippen LogP contribution is 2.14. The van der Waals surface area contributed by atoms with Crippen molar-refractivity contribution in [3.63, 3.8) is 0 Å². The van der Waals surface area contributed by atoms with E-state index < -0.39 is 0 Å². The molecule has 0 spiro atoms. The van der Waals surface area contributed by atoms with Gasteiger partial charge in [0, 0.05) is 0 Å². The molecule has 0 heteroatoms. The molecule has 0 aromatic rings. The van der Waals surface area contributed by atoms with Crippen molar-refractivity contribution in [2.75, 3.05) is 0 Å². The monoisotopic (exact) mass is 304 g/mol. The second kappa shape index (κ2) is 20.5. The Morgan fingerprint density at radius 3 is 1.27 bits per heavy atom. The summed E-state index contributed by atoms with van der Waals surface area (Å²) in [6.45, 7) is 9.18. The van der Waals surface area contributed by atoms with Gasteiger partial charge in [-0.25, -0.2) is 0 Å². The Bertz CT molecular complexity index is 226. The molecule has 0 amide bonds. The quantitative estimate of drug-likeness (QED) is 0.177. The molecule has 0 heterocycles. The van der Waals surface area contributed by atoms with Gasteiger partial charge in [-0.1, -0.05) is 121 Å². The molecule has 0 unspecified atom stereocenters. The fraction of sp³-hybridized carbons (Fsp3) is 0.818. The maximum Gasteiger partial charge on any atom is -0.00991 e. The Hall–Kier alpha value is -0.520. The van der Waals surface area contributed by atoms with Crippen LogP contribution in [0.3, 0.4) is 0 Å². The summed E-state index contributed by atoms with van der Waals surface area (Å²) in [4.78, 5) is 0. The van der Waals surface area contributed by atoms with Crippen LogP contribution in [0, 0.1) is 6.58 Å². The molecule has 0 aliphatic heterocycles. The molecule has 0 bridgehead atoms. The minimum atomic E-state index is 1.15. The van der Waals surface area contributed by atoms with Crippen LogP contribution < -0.4 is 0 Å². The minimum Gasteiger partial charge on any atom is -0.0845 e. The van der Waals surface area contributed by atoms with Crippen molar-refractivity contribution >= 4 is 0 Å². The average molecular weight is 305 g/mol. The molecule has 0 aliphatic rings. The van der Waals surface area contributed by atoms with Crippen LogP contribution in [-0.2, 0) is 0 Å². The largest absolute Gasteiger partial charge is 0.0845 e. The molecule has 0 rings (SSSR count). The summed E-state index contributed by atoms with van der Waals surface area (Å²) in [6.07, 6.45) is 29.3. The maximum atomic E-state index is 6.89. The molecule has 0 fully saturated rings. The highest BCUT2D eigenvalue weighted by atomic mass is 14.0. The molecular formula is C22H40. The fourth-order valence-corrected chi connectivity index (χ4v) is 2.97. The Kier molecular flexibility index (Phi) is 20.0. The van der Waals surface area contributed by atoms with E-state index in [0.29, 0.717) is 0 Å². The molecule has 0 aromatic carbocycles. The molecule has 0 N–H and O–H groups in total. The van der Waals surface area contributed by atoms with Crippen LogP contribution >= 0.6 is 0 Å². The SMILES string of the molecule is [C]=CC=CCCCCCCCCCCCCCCCCCC. The number of allylic oxidation sites excluding steroid dienone is 3. The van der Waals surface area contributed by atoms with Gasteiger partial charge in [0.2, 0.25) is 0 Å². The van der Waals surface area contributed by atoms with E-state index >= 15 is 0 Å². The third-order valence-corrected chi connectivity index (χ3v) is 4.46. The van der Waals surface area contributed by atoms with E-state index in [1.807, 2.05) is 6.08 Å². The van der Waals surface area contributed by atoms with Crippen LogP contribution in [0.1, 0.15) is 116 Å². The standard InChI is InChI=1S/C22H40/c1-3-5-7-9-11-13-15-17-19-21-22-20-18-16-14-12-10-8-6-4-2/h4,6,8H,3,5,7,9-22H2,1H3. The van der Waals surface area contributed by atoms with E-state index in [1.54, 1.807) is 0 Å². The van der Waals surface area contributed by atoms with Crippen LogP contribution in [0.5, 0.6) is 0 Å². The summed E-state index contributed by atoms with van der Waals surface area (Å²) in [5.74, 6) is 0. The summed E-state index contributed by atoms with van der Waals surface area (Å²) in [5.41, 5.74) is 0. The highest BCUT2D eigenvalue weighted by Gasteiger charge is 1.94. The van der Waals surface area contributed by atoms with Gasteiger partial charge in [0.15, 0.2) is 0 Å². The van der Waals surface area contributed by atoms with Gasteiger partial charge in [-0.15, -0.1) is 0 Å². The fourth-order valence-electron chi connectivity index (χ4n) is 2.97. The average Bonchev–Trinajstić information content (AvgIpc) is 2.54. The van der Waals surface area contributed by atoms with E-state index in [-0.39, 0.29) is 0 Å². The predicted molar refractivity (Wildman–Crippen MR) is 101 cm³/mol. The second-order valence-corrected chi connectivity index (χ2v) is 6.69. The lowest BCUT2D eigenvalue weighted by atomic mass is 10.0. The van der Waals surface area contributed by atoms with Gasteiger partial charge in [0.05, 0.1) is 0 Å². The van der Waals surface area contributed by atoms with Crippen molar-refractivity contribution in [2.24, 2.45) is 0 Å². The van der Waals surface area contributed by atoms with Gasteiger partial charge in [0.25, 0.3) is 0 Å². The first kappa shape index (κ1) is 21.5. The normalized spacial score (nSPS) is 11.3. The van der Waals surface area contributed by atoms with E-state index in [9.17, 15) is 0 Å². The van der Waals surface area contributed by atoms with Gasteiger partial charge >= 0.3 is 0 Å². The zero-order valence-corrected chi connectivity index (χ0v) is 15.3. The van der Waals surface area contributed by atoms with Gasteiger partial charge in [-0.2, -0.15) is 0 Å². The molecule has 0 nitrogen and oxygen atoms in total. The Morgan fingerprint density at radius 1 is 0.545 bits per heavy atom. The molecule has 128 valence electrons. The van der Waals surface area contributed by atoms with E-state index in [4.69, 9.17) is 6.58 Å². The molecule has 0 saturated heterocycles. The molecule has 0 saturated carbocycles. The molecule has 22 heavy (non-hydrogen) atoms. The second-order valence-electron chi connectivity index (χ2n) is 6.69. The summed E-state index contributed by atoms with van der Waals surface area (Å²) in [6, 6.07) is 0. The van der Waals surface area contributed by atoms with Gasteiger partial charge in [0.1, 0.15) is 0 Å². The van der Waals surface area contributed by atoms with Crippen molar-refractivity contribution in [1.82, 2.24) is 0 Å². The summed E-state index contributed by atoms with van der Waals surface area (Å²) in [7, 11) is 0. The van der Waals surface area contributed by atoms with Crippen LogP contribution in [0.4, 0.5) is 0 Å². The van der Waals surface area contributed by atoms with Crippen LogP contribution in [0.15, 0.2) is 18.2 Å². The first-order chi connectivity index (χ1) is 10.9. The van der Waals surface area contributed by atoms with E-state index in [0.717, 1.165) is 6.42 Å². The third kappa shape index (κ3) is 19.5. The zero-order chi connectivity index (χ0) is 16.1. The Balaban J connectivity index is 2.97. The van der Waals surface area contributed by atoms with Crippen molar-refractivity contribution in [3.8, 4) is 0 Å². The number of unbranched alkanes of at least 4 members (excludes halogenated alkanes) is 16. The summed E-state index contributed by atoms with van der Waals surface area (Å²) >= 11 is 0. The van der Waals surface area contributed by atoms with Crippen LogP contribution in [-0.4, -0.2) is 0 Å². The topological polar surface area (TPSA) is 0 Å². The first-order valence-electron chi connectivity index (χ1n) is 10.1. The van der Waals surface area contributed by atoms with Gasteiger partial charge < -0.3 is 0 Å². The lowest BCUT2D eigenvalue weighted by molar-refractivity contribution is 0.530. The lowest BCUT2D eigenvalue weighted by Gasteiger charge is -2.03. The predicted octanol–water partition coefficient (Wildman–Crippen LogP) is 8.06.